The largest absolute Gasteiger partial charge is 0.493 e. The number of amides is 3. The highest BCUT2D eigenvalue weighted by atomic mass is 16.5. The van der Waals surface area contributed by atoms with Gasteiger partial charge in [0.25, 0.3) is 0 Å². The molecular weight excluding hydrogens is 554 g/mol. The van der Waals surface area contributed by atoms with E-state index in [2.05, 4.69) is 5.32 Å². The van der Waals surface area contributed by atoms with E-state index in [9.17, 15) is 14.4 Å². The van der Waals surface area contributed by atoms with Crippen LogP contribution >= 0.6 is 0 Å². The molecule has 0 radical (unpaired) electrons. The predicted molar refractivity (Wildman–Crippen MR) is 159 cm³/mol. The third-order valence-corrected chi connectivity index (χ3v) is 7.68. The lowest BCUT2D eigenvalue weighted by Gasteiger charge is -2.39. The van der Waals surface area contributed by atoms with Crippen LogP contribution in [0.15, 0.2) is 42.5 Å². The Balaban J connectivity index is 1.60. The molecule has 43 heavy (non-hydrogen) atoms. The maximum absolute atomic E-state index is 13.4. The van der Waals surface area contributed by atoms with E-state index in [1.807, 2.05) is 42.5 Å². The van der Waals surface area contributed by atoms with Crippen LogP contribution in [0.4, 0.5) is 0 Å². The number of fused-ring (bicyclic) bond motifs is 9. The lowest BCUT2D eigenvalue weighted by Crippen LogP contribution is -2.58. The number of carbonyl (C=O) groups excluding carboxylic acids is 3. The van der Waals surface area contributed by atoms with Gasteiger partial charge >= 0.3 is 0 Å². The minimum atomic E-state index is -0.440. The summed E-state index contributed by atoms with van der Waals surface area (Å²) in [5.74, 6) is 1.30. The minimum absolute atomic E-state index is 0.0337. The number of carbonyl (C=O) groups is 3. The zero-order valence-corrected chi connectivity index (χ0v) is 25.3. The molecule has 3 heterocycles. The third kappa shape index (κ3) is 9.41. The minimum Gasteiger partial charge on any atom is -0.493 e. The molecule has 2 aromatic rings. The van der Waals surface area contributed by atoms with Gasteiger partial charge in [-0.2, -0.15) is 0 Å². The van der Waals surface area contributed by atoms with Gasteiger partial charge in [-0.15, -0.1) is 0 Å². The molecule has 2 atom stereocenters. The molecule has 1 N–H and O–H groups in total. The molecule has 11 heteroatoms. The fourth-order valence-electron chi connectivity index (χ4n) is 5.35. The van der Waals surface area contributed by atoms with Crippen molar-refractivity contribution in [2.24, 2.45) is 0 Å². The number of nitrogens with one attached hydrogen (secondary N) is 1. The number of ether oxygens (including phenoxy) is 5. The molecule has 0 aromatic heterocycles. The smallest absolute Gasteiger partial charge is 0.239 e. The third-order valence-electron chi connectivity index (χ3n) is 7.68. The van der Waals surface area contributed by atoms with Crippen LogP contribution in [0.3, 0.4) is 0 Å². The number of hydrogen-bond acceptors (Lipinski definition) is 8. The number of nitrogens with zero attached hydrogens (tertiary/aromatic N) is 2. The molecule has 1 saturated heterocycles. The van der Waals surface area contributed by atoms with Gasteiger partial charge in [-0.3, -0.25) is 14.4 Å². The maximum atomic E-state index is 13.4. The second kappa shape index (κ2) is 16.3. The number of benzene rings is 2. The van der Waals surface area contributed by atoms with Gasteiger partial charge in [0.05, 0.1) is 45.4 Å². The second-order valence-electron chi connectivity index (χ2n) is 10.8. The van der Waals surface area contributed by atoms with Crippen molar-refractivity contribution in [2.75, 3.05) is 60.7 Å². The molecule has 5 rings (SSSR count). The van der Waals surface area contributed by atoms with E-state index < -0.39 is 6.04 Å². The Hall–Kier alpha value is -3.67. The quantitative estimate of drug-likeness (QED) is 0.462. The first-order valence-corrected chi connectivity index (χ1v) is 14.8. The van der Waals surface area contributed by atoms with Gasteiger partial charge in [-0.05, 0) is 54.7 Å². The first-order chi connectivity index (χ1) is 20.9. The van der Waals surface area contributed by atoms with Crippen LogP contribution in [-0.4, -0.2) is 100 Å². The molecule has 11 nitrogen and oxygen atoms in total. The van der Waals surface area contributed by atoms with Crippen molar-refractivity contribution < 1.29 is 38.1 Å². The van der Waals surface area contributed by atoms with Crippen molar-refractivity contribution in [1.29, 1.82) is 0 Å². The average Bonchev–Trinajstić information content (AvgIpc) is 3.01. The van der Waals surface area contributed by atoms with Crippen molar-refractivity contribution in [1.82, 2.24) is 15.1 Å². The van der Waals surface area contributed by atoms with Crippen LogP contribution in [-0.2, 0) is 41.6 Å². The van der Waals surface area contributed by atoms with Crippen LogP contribution in [0.1, 0.15) is 36.8 Å². The van der Waals surface area contributed by atoms with Crippen molar-refractivity contribution in [3.05, 3.63) is 53.6 Å². The molecule has 3 aliphatic rings. The van der Waals surface area contributed by atoms with E-state index in [1.54, 1.807) is 31.1 Å². The molecule has 0 unspecified atom stereocenters. The fraction of sp³-hybridized carbons (Fsp3) is 0.531. The van der Waals surface area contributed by atoms with E-state index >= 15 is 0 Å². The zero-order valence-electron chi connectivity index (χ0n) is 25.3. The highest BCUT2D eigenvalue weighted by molar-refractivity contribution is 5.85. The molecular formula is C32H43N3O8. The number of rotatable bonds is 8. The molecule has 2 aromatic carbocycles. The van der Waals surface area contributed by atoms with Gasteiger partial charge in [0.2, 0.25) is 17.7 Å². The van der Waals surface area contributed by atoms with Gasteiger partial charge < -0.3 is 38.8 Å². The number of hydrogen-bond donors (Lipinski definition) is 1. The Labute approximate surface area is 253 Å². The number of likely N-dealkylation sites (tertiary alicyclic amines) is 1. The molecule has 3 aliphatic heterocycles. The summed E-state index contributed by atoms with van der Waals surface area (Å²) in [5, 5.41) is 3.08. The fourth-order valence-corrected chi connectivity index (χ4v) is 5.35. The Morgan fingerprint density at radius 3 is 2.65 bits per heavy atom. The van der Waals surface area contributed by atoms with E-state index in [0.717, 1.165) is 11.1 Å². The van der Waals surface area contributed by atoms with Crippen LogP contribution in [0, 0.1) is 0 Å². The normalized spacial score (nSPS) is 19.9. The topological polar surface area (TPSA) is 116 Å². The Kier molecular flexibility index (Phi) is 12.2. The number of piperidine rings is 1. The zero-order chi connectivity index (χ0) is 30.6. The summed E-state index contributed by atoms with van der Waals surface area (Å²) in [7, 11) is 4.75. The Morgan fingerprint density at radius 1 is 1.02 bits per heavy atom. The first kappa shape index (κ1) is 32.2. The summed E-state index contributed by atoms with van der Waals surface area (Å²) in [5.41, 5.74) is 1.83. The van der Waals surface area contributed by atoms with Crippen molar-refractivity contribution in [3.63, 3.8) is 0 Å². The number of aryl methyl sites for hydroxylation is 1. The molecule has 0 saturated carbocycles. The summed E-state index contributed by atoms with van der Waals surface area (Å²) in [6, 6.07) is 12.8. The molecule has 0 aliphatic carbocycles. The summed E-state index contributed by atoms with van der Waals surface area (Å²) in [6.45, 7) is 2.22. The molecule has 4 bridgehead atoms. The van der Waals surface area contributed by atoms with E-state index in [4.69, 9.17) is 23.7 Å². The van der Waals surface area contributed by atoms with Crippen LogP contribution in [0.5, 0.6) is 17.2 Å². The van der Waals surface area contributed by atoms with Crippen LogP contribution in [0.2, 0.25) is 0 Å². The van der Waals surface area contributed by atoms with Crippen molar-refractivity contribution in [2.45, 2.75) is 50.9 Å². The maximum Gasteiger partial charge on any atom is 0.239 e. The lowest BCUT2D eigenvalue weighted by molar-refractivity contribution is -0.139. The predicted octanol–water partition coefficient (Wildman–Crippen LogP) is 2.94. The highest BCUT2D eigenvalue weighted by Gasteiger charge is 2.33. The average molecular weight is 598 g/mol. The van der Waals surface area contributed by atoms with Crippen LogP contribution in [0.25, 0.3) is 0 Å². The van der Waals surface area contributed by atoms with E-state index in [0.29, 0.717) is 76.0 Å². The molecule has 1 fully saturated rings. The SMILES string of the molecule is COCCCN1CC(=O)N[C@H]2CN(C(=O)CCOC)CC[C@H]2OCc2cccc(c2)Oc2ccc(cc2OC)CCC1=O. The summed E-state index contributed by atoms with van der Waals surface area (Å²) < 4.78 is 28.4. The molecule has 3 amide bonds. The molecule has 234 valence electrons. The Bertz CT molecular complexity index is 1240. The van der Waals surface area contributed by atoms with Crippen molar-refractivity contribution >= 4 is 17.7 Å². The van der Waals surface area contributed by atoms with Gasteiger partial charge in [-0.1, -0.05) is 18.2 Å². The van der Waals surface area contributed by atoms with Gasteiger partial charge in [0.15, 0.2) is 11.5 Å². The van der Waals surface area contributed by atoms with Crippen LogP contribution < -0.4 is 14.8 Å². The standard InChI is InChI=1S/C32H43N3O8/c1-39-16-5-14-34-21-30(36)33-26-20-35(32(38)13-17-40-2)15-12-27(26)42-22-24-6-4-7-25(18-24)43-28-10-8-23(9-11-31(34)37)19-29(28)41-3/h4,6-8,10,18-19,26-27H,5,9,11-17,20-22H2,1-3H3,(H,33,36)/t26-,27+/m0/s1. The number of methoxy groups -OCH3 is 3. The first-order valence-electron chi connectivity index (χ1n) is 14.8. The Morgan fingerprint density at radius 2 is 1.86 bits per heavy atom. The van der Waals surface area contributed by atoms with Gasteiger partial charge in [-0.25, -0.2) is 0 Å². The van der Waals surface area contributed by atoms with E-state index in [-0.39, 0.29) is 43.2 Å². The van der Waals surface area contributed by atoms with E-state index in [1.165, 1.54) is 0 Å². The lowest BCUT2D eigenvalue weighted by atomic mass is 10.0. The van der Waals surface area contributed by atoms with Crippen molar-refractivity contribution in [3.8, 4) is 17.2 Å². The van der Waals surface area contributed by atoms with Gasteiger partial charge in [0.1, 0.15) is 5.75 Å². The summed E-state index contributed by atoms with van der Waals surface area (Å²) in [4.78, 5) is 42.8. The van der Waals surface area contributed by atoms with Gasteiger partial charge in [0, 0.05) is 46.9 Å². The second-order valence-corrected chi connectivity index (χ2v) is 10.8. The summed E-state index contributed by atoms with van der Waals surface area (Å²) >= 11 is 0. The summed E-state index contributed by atoms with van der Waals surface area (Å²) in [6.07, 6.45) is 1.80. The monoisotopic (exact) mass is 597 g/mol. The highest BCUT2D eigenvalue weighted by Crippen LogP contribution is 2.33. The molecule has 0 spiro atoms.